The van der Waals surface area contributed by atoms with Crippen LogP contribution >= 0.6 is 11.8 Å². The molecular formula is C16H26N2S. The average molecular weight is 278 g/mol. The first kappa shape index (κ1) is 14.7. The molecule has 1 aliphatic heterocycles. The topological polar surface area (TPSA) is 15.3 Å². The molecule has 3 heteroatoms. The van der Waals surface area contributed by atoms with Gasteiger partial charge in [0.2, 0.25) is 0 Å². The summed E-state index contributed by atoms with van der Waals surface area (Å²) >= 11 is 2.12. The first-order chi connectivity index (χ1) is 9.33. The Hall–Kier alpha value is -0.670. The van der Waals surface area contributed by atoms with E-state index in [9.17, 15) is 0 Å². The highest BCUT2D eigenvalue weighted by Crippen LogP contribution is 2.25. The lowest BCUT2D eigenvalue weighted by Gasteiger charge is -2.21. The van der Waals surface area contributed by atoms with Crippen LogP contribution in [-0.2, 0) is 6.54 Å². The lowest BCUT2D eigenvalue weighted by atomic mass is 10.2. The zero-order valence-corrected chi connectivity index (χ0v) is 13.0. The van der Waals surface area contributed by atoms with Crippen LogP contribution in [0.25, 0.3) is 0 Å². The molecule has 2 nitrogen and oxygen atoms in total. The van der Waals surface area contributed by atoms with Crippen LogP contribution in [0.3, 0.4) is 0 Å². The second-order valence-corrected chi connectivity index (χ2v) is 6.51. The molecule has 1 unspecified atom stereocenters. The fraction of sp³-hybridized carbons (Fsp3) is 0.625. The van der Waals surface area contributed by atoms with E-state index in [0.29, 0.717) is 0 Å². The first-order valence-corrected chi connectivity index (χ1v) is 8.54. The van der Waals surface area contributed by atoms with Crippen molar-refractivity contribution in [3.05, 3.63) is 29.8 Å². The van der Waals surface area contributed by atoms with Gasteiger partial charge in [0, 0.05) is 37.1 Å². The number of nitrogens with zero attached hydrogens (tertiary/aromatic N) is 1. The summed E-state index contributed by atoms with van der Waals surface area (Å²) in [6, 6.07) is 8.99. The Morgan fingerprint density at radius 2 is 1.95 bits per heavy atom. The normalized spacial score (nSPS) is 18.7. The molecule has 1 aromatic rings. The van der Waals surface area contributed by atoms with E-state index >= 15 is 0 Å². The summed E-state index contributed by atoms with van der Waals surface area (Å²) in [7, 11) is 0. The van der Waals surface area contributed by atoms with Gasteiger partial charge in [-0.15, -0.1) is 0 Å². The van der Waals surface area contributed by atoms with Crippen molar-refractivity contribution in [2.75, 3.05) is 30.3 Å². The number of hydrogen-bond donors (Lipinski definition) is 1. The smallest absolute Gasteiger partial charge is 0.0366 e. The zero-order chi connectivity index (χ0) is 13.5. The fourth-order valence-corrected chi connectivity index (χ4v) is 3.83. The molecule has 0 spiro atoms. The quantitative estimate of drug-likeness (QED) is 0.821. The van der Waals surface area contributed by atoms with Gasteiger partial charge < -0.3 is 10.2 Å². The second kappa shape index (κ2) is 7.81. The van der Waals surface area contributed by atoms with E-state index in [0.717, 1.165) is 31.4 Å². The summed E-state index contributed by atoms with van der Waals surface area (Å²) in [5.41, 5.74) is 2.72. The molecule has 1 N–H and O–H groups in total. The van der Waals surface area contributed by atoms with E-state index < -0.39 is 0 Å². The van der Waals surface area contributed by atoms with Crippen molar-refractivity contribution in [2.24, 2.45) is 0 Å². The molecule has 0 amide bonds. The van der Waals surface area contributed by atoms with Gasteiger partial charge in [0.25, 0.3) is 0 Å². The third-order valence-electron chi connectivity index (χ3n) is 3.79. The average Bonchev–Trinajstić information content (AvgIpc) is 2.95. The lowest BCUT2D eigenvalue weighted by Crippen LogP contribution is -2.23. The van der Waals surface area contributed by atoms with Crippen LogP contribution in [0.2, 0.25) is 0 Å². The Labute approximate surface area is 122 Å². The van der Waals surface area contributed by atoms with Crippen LogP contribution in [0.5, 0.6) is 0 Å². The summed E-state index contributed by atoms with van der Waals surface area (Å²) in [6.07, 6.45) is 2.79. The fourth-order valence-electron chi connectivity index (χ4n) is 2.60. The molecule has 1 saturated heterocycles. The molecule has 0 saturated carbocycles. The van der Waals surface area contributed by atoms with E-state index in [1.807, 2.05) is 0 Å². The summed E-state index contributed by atoms with van der Waals surface area (Å²) in [4.78, 5) is 2.38. The predicted molar refractivity (Wildman–Crippen MR) is 87.2 cm³/mol. The molecule has 106 valence electrons. The van der Waals surface area contributed by atoms with E-state index in [1.165, 1.54) is 29.8 Å². The van der Waals surface area contributed by atoms with Crippen LogP contribution in [0.4, 0.5) is 5.69 Å². The highest BCUT2D eigenvalue weighted by atomic mass is 32.2. The van der Waals surface area contributed by atoms with E-state index in [-0.39, 0.29) is 0 Å². The zero-order valence-electron chi connectivity index (χ0n) is 12.2. The molecule has 0 bridgehead atoms. The van der Waals surface area contributed by atoms with Crippen molar-refractivity contribution in [1.29, 1.82) is 0 Å². The molecule has 1 heterocycles. The first-order valence-electron chi connectivity index (χ1n) is 7.49. The minimum Gasteiger partial charge on any atom is -0.372 e. The van der Waals surface area contributed by atoms with E-state index in [4.69, 9.17) is 0 Å². The number of hydrogen-bond acceptors (Lipinski definition) is 3. The highest BCUT2D eigenvalue weighted by molar-refractivity contribution is 8.00. The van der Waals surface area contributed by atoms with Crippen molar-refractivity contribution < 1.29 is 0 Å². The van der Waals surface area contributed by atoms with Crippen LogP contribution in [-0.4, -0.2) is 30.6 Å². The summed E-state index contributed by atoms with van der Waals surface area (Å²) in [6.45, 7) is 8.72. The van der Waals surface area contributed by atoms with E-state index in [1.54, 1.807) is 0 Å². The van der Waals surface area contributed by atoms with Gasteiger partial charge in [0.05, 0.1) is 0 Å². The van der Waals surface area contributed by atoms with Gasteiger partial charge in [-0.25, -0.2) is 0 Å². The number of anilines is 1. The number of rotatable bonds is 7. The molecule has 0 aliphatic carbocycles. The summed E-state index contributed by atoms with van der Waals surface area (Å²) in [5.74, 6) is 1.35. The van der Waals surface area contributed by atoms with Crippen molar-refractivity contribution in [2.45, 2.75) is 38.5 Å². The van der Waals surface area contributed by atoms with E-state index in [2.05, 4.69) is 60.1 Å². The Balaban J connectivity index is 1.77. The minimum atomic E-state index is 0.843. The monoisotopic (exact) mass is 278 g/mol. The molecular weight excluding hydrogens is 252 g/mol. The molecule has 1 aromatic carbocycles. The minimum absolute atomic E-state index is 0.843. The largest absolute Gasteiger partial charge is 0.372 e. The van der Waals surface area contributed by atoms with Crippen LogP contribution in [0.15, 0.2) is 24.3 Å². The molecule has 1 fully saturated rings. The van der Waals surface area contributed by atoms with Gasteiger partial charge in [-0.05, 0) is 50.1 Å². The van der Waals surface area contributed by atoms with Crippen molar-refractivity contribution >= 4 is 17.4 Å². The second-order valence-electron chi connectivity index (χ2n) is 5.10. The molecule has 2 rings (SSSR count). The van der Waals surface area contributed by atoms with Crippen molar-refractivity contribution in [1.82, 2.24) is 5.32 Å². The molecule has 19 heavy (non-hydrogen) atoms. The molecule has 1 aliphatic rings. The summed E-state index contributed by atoms with van der Waals surface area (Å²) < 4.78 is 0. The Kier molecular flexibility index (Phi) is 6.05. The third-order valence-corrected chi connectivity index (χ3v) is 5.19. The maximum atomic E-state index is 3.59. The molecule has 0 radical (unpaired) electrons. The van der Waals surface area contributed by atoms with Crippen LogP contribution in [0.1, 0.15) is 32.3 Å². The maximum Gasteiger partial charge on any atom is 0.0366 e. The van der Waals surface area contributed by atoms with Crippen molar-refractivity contribution in [3.63, 3.8) is 0 Å². The van der Waals surface area contributed by atoms with Gasteiger partial charge in [-0.1, -0.05) is 12.1 Å². The SMILES string of the molecule is CCN(CC)c1ccc(CNCC2CCCS2)cc1. The van der Waals surface area contributed by atoms with Gasteiger partial charge in [-0.3, -0.25) is 0 Å². The van der Waals surface area contributed by atoms with Crippen LogP contribution in [0, 0.1) is 0 Å². The molecule has 0 aromatic heterocycles. The lowest BCUT2D eigenvalue weighted by molar-refractivity contribution is 0.646. The third kappa shape index (κ3) is 4.43. The summed E-state index contributed by atoms with van der Waals surface area (Å²) in [5, 5.41) is 4.43. The number of benzene rings is 1. The van der Waals surface area contributed by atoms with Gasteiger partial charge in [-0.2, -0.15) is 11.8 Å². The number of nitrogens with one attached hydrogen (secondary N) is 1. The Morgan fingerprint density at radius 1 is 1.21 bits per heavy atom. The van der Waals surface area contributed by atoms with Crippen LogP contribution < -0.4 is 10.2 Å². The Bertz CT molecular complexity index is 354. The number of thioether (sulfide) groups is 1. The molecule has 1 atom stereocenters. The standard InChI is InChI=1S/C16H26N2S/c1-3-18(4-2)15-9-7-14(8-10-15)12-17-13-16-6-5-11-19-16/h7-10,16-17H,3-6,11-13H2,1-2H3. The predicted octanol–water partition coefficient (Wildman–Crippen LogP) is 3.52. The van der Waals surface area contributed by atoms with Gasteiger partial charge in [0.1, 0.15) is 0 Å². The van der Waals surface area contributed by atoms with Gasteiger partial charge >= 0.3 is 0 Å². The Morgan fingerprint density at radius 3 is 2.53 bits per heavy atom. The van der Waals surface area contributed by atoms with Gasteiger partial charge in [0.15, 0.2) is 0 Å². The van der Waals surface area contributed by atoms with Crippen molar-refractivity contribution in [3.8, 4) is 0 Å². The maximum absolute atomic E-state index is 3.59. The highest BCUT2D eigenvalue weighted by Gasteiger charge is 2.14.